The van der Waals surface area contributed by atoms with Gasteiger partial charge in [0.15, 0.2) is 0 Å². The van der Waals surface area contributed by atoms with Crippen LogP contribution in [0.3, 0.4) is 0 Å². The van der Waals surface area contributed by atoms with Gasteiger partial charge in [-0.25, -0.2) is 4.98 Å². The van der Waals surface area contributed by atoms with Crippen LogP contribution in [0, 0.1) is 5.92 Å². The van der Waals surface area contributed by atoms with Gasteiger partial charge in [-0.15, -0.1) is 0 Å². The molecule has 2 heterocycles. The SMILES string of the molecule is CN(C(=O)CN1CC[C@H](CNc2ccccn2)C1)C1CC1. The molecule has 0 aromatic carbocycles. The fraction of sp³-hybridized carbons (Fsp3) is 0.625. The predicted molar refractivity (Wildman–Crippen MR) is 83.1 cm³/mol. The molecule has 2 aliphatic rings. The minimum atomic E-state index is 0.274. The van der Waals surface area contributed by atoms with Gasteiger partial charge in [0.25, 0.3) is 0 Å². The van der Waals surface area contributed by atoms with Crippen molar-refractivity contribution < 1.29 is 4.79 Å². The summed E-state index contributed by atoms with van der Waals surface area (Å²) in [5.41, 5.74) is 0. The van der Waals surface area contributed by atoms with E-state index in [4.69, 9.17) is 0 Å². The van der Waals surface area contributed by atoms with E-state index in [1.807, 2.05) is 30.1 Å². The largest absolute Gasteiger partial charge is 0.370 e. The Hall–Kier alpha value is -1.62. The van der Waals surface area contributed by atoms with Crippen LogP contribution < -0.4 is 5.32 Å². The van der Waals surface area contributed by atoms with Crippen LogP contribution in [0.4, 0.5) is 5.82 Å². The number of anilines is 1. The first kappa shape index (κ1) is 14.3. The van der Waals surface area contributed by atoms with E-state index in [-0.39, 0.29) is 5.91 Å². The van der Waals surface area contributed by atoms with Gasteiger partial charge >= 0.3 is 0 Å². The number of amides is 1. The number of pyridine rings is 1. The lowest BCUT2D eigenvalue weighted by atomic mass is 10.1. The highest BCUT2D eigenvalue weighted by molar-refractivity contribution is 5.78. The zero-order chi connectivity index (χ0) is 14.7. The Bertz CT molecular complexity index is 474. The van der Waals surface area contributed by atoms with Crippen molar-refractivity contribution in [3.8, 4) is 0 Å². The number of hydrogen-bond donors (Lipinski definition) is 1. The lowest BCUT2D eigenvalue weighted by Crippen LogP contribution is -2.38. The van der Waals surface area contributed by atoms with Gasteiger partial charge in [0.05, 0.1) is 6.54 Å². The fourth-order valence-electron chi connectivity index (χ4n) is 2.91. The summed E-state index contributed by atoms with van der Waals surface area (Å²) in [6, 6.07) is 6.41. The summed E-state index contributed by atoms with van der Waals surface area (Å²) in [6.45, 7) is 3.54. The summed E-state index contributed by atoms with van der Waals surface area (Å²) >= 11 is 0. The van der Waals surface area contributed by atoms with Crippen molar-refractivity contribution in [1.82, 2.24) is 14.8 Å². The van der Waals surface area contributed by atoms with Gasteiger partial charge in [0.2, 0.25) is 5.91 Å². The molecule has 5 nitrogen and oxygen atoms in total. The lowest BCUT2D eigenvalue weighted by Gasteiger charge is -2.21. The zero-order valence-electron chi connectivity index (χ0n) is 12.7. The number of carbonyl (C=O) groups excluding carboxylic acids is 1. The fourth-order valence-corrected chi connectivity index (χ4v) is 2.91. The predicted octanol–water partition coefficient (Wildman–Crippen LogP) is 1.44. The van der Waals surface area contributed by atoms with Crippen molar-refractivity contribution in [1.29, 1.82) is 0 Å². The standard InChI is InChI=1S/C16H24N4O/c1-19(14-5-6-14)16(21)12-20-9-7-13(11-20)10-18-15-4-2-3-8-17-15/h2-4,8,13-14H,5-7,9-12H2,1H3,(H,17,18)/t13-/m1/s1. The normalized spacial score (nSPS) is 22.2. The number of rotatable bonds is 6. The Morgan fingerprint density at radius 1 is 1.43 bits per heavy atom. The molecule has 114 valence electrons. The van der Waals surface area contributed by atoms with Crippen molar-refractivity contribution in [3.05, 3.63) is 24.4 Å². The third-order valence-corrected chi connectivity index (χ3v) is 4.45. The van der Waals surface area contributed by atoms with E-state index in [0.29, 0.717) is 18.5 Å². The first-order valence-electron chi connectivity index (χ1n) is 7.85. The monoisotopic (exact) mass is 288 g/mol. The number of nitrogens with zero attached hydrogens (tertiary/aromatic N) is 3. The molecule has 1 N–H and O–H groups in total. The second-order valence-corrected chi connectivity index (χ2v) is 6.22. The molecule has 1 saturated carbocycles. The van der Waals surface area contributed by atoms with E-state index >= 15 is 0 Å². The minimum absolute atomic E-state index is 0.274. The van der Waals surface area contributed by atoms with Crippen molar-refractivity contribution >= 4 is 11.7 Å². The van der Waals surface area contributed by atoms with Gasteiger partial charge in [0, 0.05) is 32.4 Å². The molecule has 0 unspecified atom stereocenters. The molecule has 0 radical (unpaired) electrons. The van der Waals surface area contributed by atoms with Crippen molar-refractivity contribution in [2.75, 3.05) is 38.5 Å². The van der Waals surface area contributed by atoms with Gasteiger partial charge in [-0.1, -0.05) is 6.07 Å². The van der Waals surface area contributed by atoms with Crippen LogP contribution in [0.25, 0.3) is 0 Å². The quantitative estimate of drug-likeness (QED) is 0.860. The molecule has 0 spiro atoms. The van der Waals surface area contributed by atoms with Gasteiger partial charge in [-0.3, -0.25) is 9.69 Å². The topological polar surface area (TPSA) is 48.5 Å². The smallest absolute Gasteiger partial charge is 0.236 e. The Morgan fingerprint density at radius 2 is 2.29 bits per heavy atom. The summed E-state index contributed by atoms with van der Waals surface area (Å²) in [7, 11) is 1.94. The van der Waals surface area contributed by atoms with Crippen LogP contribution in [-0.2, 0) is 4.79 Å². The van der Waals surface area contributed by atoms with Crippen LogP contribution >= 0.6 is 0 Å². The molecule has 2 fully saturated rings. The van der Waals surface area contributed by atoms with Crippen LogP contribution in [-0.4, -0.2) is 60.0 Å². The zero-order valence-corrected chi connectivity index (χ0v) is 12.7. The molecule has 3 rings (SSSR count). The van der Waals surface area contributed by atoms with E-state index in [1.54, 1.807) is 6.20 Å². The number of likely N-dealkylation sites (N-methyl/N-ethyl adjacent to an activating group) is 1. The second-order valence-electron chi connectivity index (χ2n) is 6.22. The number of nitrogens with one attached hydrogen (secondary N) is 1. The molecule has 1 amide bonds. The number of hydrogen-bond acceptors (Lipinski definition) is 4. The summed E-state index contributed by atoms with van der Waals surface area (Å²) in [4.78, 5) is 20.6. The molecule has 1 aliphatic heterocycles. The molecule has 1 aliphatic carbocycles. The first-order valence-corrected chi connectivity index (χ1v) is 7.85. The van der Waals surface area contributed by atoms with Gasteiger partial charge in [-0.2, -0.15) is 0 Å². The number of carbonyl (C=O) groups is 1. The minimum Gasteiger partial charge on any atom is -0.370 e. The first-order chi connectivity index (χ1) is 10.2. The lowest BCUT2D eigenvalue weighted by molar-refractivity contribution is -0.131. The maximum Gasteiger partial charge on any atom is 0.236 e. The van der Waals surface area contributed by atoms with Crippen molar-refractivity contribution in [2.45, 2.75) is 25.3 Å². The highest BCUT2D eigenvalue weighted by atomic mass is 16.2. The molecule has 21 heavy (non-hydrogen) atoms. The summed E-state index contributed by atoms with van der Waals surface area (Å²) in [5, 5.41) is 3.38. The van der Waals surface area contributed by atoms with E-state index in [9.17, 15) is 4.79 Å². The van der Waals surface area contributed by atoms with Crippen LogP contribution in [0.2, 0.25) is 0 Å². The highest BCUT2D eigenvalue weighted by Crippen LogP contribution is 2.26. The molecule has 1 saturated heterocycles. The third-order valence-electron chi connectivity index (χ3n) is 4.45. The molecule has 0 bridgehead atoms. The van der Waals surface area contributed by atoms with Gasteiger partial charge < -0.3 is 10.2 Å². The van der Waals surface area contributed by atoms with E-state index in [1.165, 1.54) is 12.8 Å². The van der Waals surface area contributed by atoms with Crippen LogP contribution in [0.15, 0.2) is 24.4 Å². The van der Waals surface area contributed by atoms with E-state index in [0.717, 1.165) is 31.9 Å². The van der Waals surface area contributed by atoms with E-state index < -0.39 is 0 Å². The Morgan fingerprint density at radius 3 is 3.00 bits per heavy atom. The number of likely N-dealkylation sites (tertiary alicyclic amines) is 1. The van der Waals surface area contributed by atoms with Crippen molar-refractivity contribution in [3.63, 3.8) is 0 Å². The average Bonchev–Trinajstić information content (AvgIpc) is 3.26. The van der Waals surface area contributed by atoms with Crippen molar-refractivity contribution in [2.24, 2.45) is 5.92 Å². The van der Waals surface area contributed by atoms with Gasteiger partial charge in [0.1, 0.15) is 5.82 Å². The summed E-state index contributed by atoms with van der Waals surface area (Å²) < 4.78 is 0. The summed E-state index contributed by atoms with van der Waals surface area (Å²) in [5.74, 6) is 1.81. The third kappa shape index (κ3) is 3.94. The Labute approximate surface area is 126 Å². The maximum atomic E-state index is 12.1. The Kier molecular flexibility index (Phi) is 4.39. The van der Waals surface area contributed by atoms with Gasteiger partial charge in [-0.05, 0) is 43.9 Å². The molecular formula is C16H24N4O. The molecule has 5 heteroatoms. The molecular weight excluding hydrogens is 264 g/mol. The molecule has 1 aromatic rings. The maximum absolute atomic E-state index is 12.1. The summed E-state index contributed by atoms with van der Waals surface area (Å²) in [6.07, 6.45) is 5.31. The molecule has 1 atom stereocenters. The average molecular weight is 288 g/mol. The Balaban J connectivity index is 1.39. The van der Waals surface area contributed by atoms with E-state index in [2.05, 4.69) is 15.2 Å². The number of aromatic nitrogens is 1. The van der Waals surface area contributed by atoms with Crippen LogP contribution in [0.5, 0.6) is 0 Å². The molecule has 1 aromatic heterocycles. The van der Waals surface area contributed by atoms with Crippen LogP contribution in [0.1, 0.15) is 19.3 Å². The second kappa shape index (κ2) is 6.43. The highest BCUT2D eigenvalue weighted by Gasteiger charge is 2.31.